The van der Waals surface area contributed by atoms with E-state index in [4.69, 9.17) is 14.9 Å². The van der Waals surface area contributed by atoms with E-state index in [0.29, 0.717) is 13.2 Å². The summed E-state index contributed by atoms with van der Waals surface area (Å²) in [5.74, 6) is -4.91. The van der Waals surface area contributed by atoms with E-state index >= 15 is 0 Å². The molecule has 0 fully saturated rings. The highest BCUT2D eigenvalue weighted by Gasteiger charge is 2.25. The Morgan fingerprint density at radius 1 is 0.750 bits per heavy atom. The average Bonchev–Trinajstić information content (AvgIpc) is 2.71. The SMILES string of the molecule is CCOCCC(=O)NCCNC(=O)CC[C@H](NC(=O)N[C@@H](CCC(=O)O)C(=O)O)C(=O)O. The smallest absolute Gasteiger partial charge is 0.326 e. The molecule has 0 aromatic heterocycles. The molecule has 182 valence electrons. The fraction of sp³-hybridized carbons (Fsp3) is 0.667. The van der Waals surface area contributed by atoms with Gasteiger partial charge in [0.15, 0.2) is 0 Å². The van der Waals surface area contributed by atoms with Gasteiger partial charge in [0.1, 0.15) is 12.1 Å². The number of carbonyl (C=O) groups is 6. The highest BCUT2D eigenvalue weighted by molar-refractivity contribution is 5.86. The van der Waals surface area contributed by atoms with Crippen LogP contribution >= 0.6 is 0 Å². The summed E-state index contributed by atoms with van der Waals surface area (Å²) in [4.78, 5) is 68.1. The largest absolute Gasteiger partial charge is 0.481 e. The third-order valence-electron chi connectivity index (χ3n) is 3.96. The van der Waals surface area contributed by atoms with E-state index in [1.807, 2.05) is 10.6 Å². The van der Waals surface area contributed by atoms with Gasteiger partial charge >= 0.3 is 23.9 Å². The Balaban J connectivity index is 4.34. The molecule has 14 nitrogen and oxygen atoms in total. The van der Waals surface area contributed by atoms with E-state index in [9.17, 15) is 33.9 Å². The van der Waals surface area contributed by atoms with Crippen molar-refractivity contribution in [3.8, 4) is 0 Å². The molecule has 0 bridgehead atoms. The second-order valence-corrected chi connectivity index (χ2v) is 6.52. The predicted molar refractivity (Wildman–Crippen MR) is 108 cm³/mol. The van der Waals surface area contributed by atoms with Crippen molar-refractivity contribution >= 4 is 35.8 Å². The molecule has 0 aromatic carbocycles. The molecule has 0 aliphatic heterocycles. The van der Waals surface area contributed by atoms with Crippen molar-refractivity contribution in [2.75, 3.05) is 26.3 Å². The van der Waals surface area contributed by atoms with Crippen LogP contribution in [0.4, 0.5) is 4.79 Å². The molecule has 0 saturated heterocycles. The second kappa shape index (κ2) is 16.3. The van der Waals surface area contributed by atoms with Gasteiger partial charge in [0, 0.05) is 39.0 Å². The average molecular weight is 462 g/mol. The Morgan fingerprint density at radius 3 is 1.66 bits per heavy atom. The van der Waals surface area contributed by atoms with Gasteiger partial charge in [-0.15, -0.1) is 0 Å². The molecule has 2 atom stereocenters. The maximum absolute atomic E-state index is 11.9. The first-order valence-electron chi connectivity index (χ1n) is 9.92. The molecule has 0 heterocycles. The molecule has 0 saturated carbocycles. The number of nitrogens with one attached hydrogen (secondary N) is 4. The lowest BCUT2D eigenvalue weighted by molar-refractivity contribution is -0.141. The molecular formula is C18H30N4O10. The summed E-state index contributed by atoms with van der Waals surface area (Å²) < 4.78 is 5.04. The lowest BCUT2D eigenvalue weighted by Gasteiger charge is -2.18. The normalized spacial score (nSPS) is 12.2. The minimum absolute atomic E-state index is 0.120. The van der Waals surface area contributed by atoms with E-state index in [1.165, 1.54) is 0 Å². The Hall–Kier alpha value is -3.42. The Labute approximate surface area is 184 Å². The number of hydrogen-bond acceptors (Lipinski definition) is 7. The standard InChI is InChI=1S/C18H30N4O10/c1-2-32-10-7-14(24)20-9-8-19-13(23)5-3-11(16(27)28)21-18(31)22-12(17(29)30)4-6-15(25)26/h11-12H,2-10H2,1H3,(H,19,23)(H,20,24)(H,25,26)(H,27,28)(H,29,30)(H2,21,22,31)/t11-,12-/m0/s1. The van der Waals surface area contributed by atoms with Crippen LogP contribution in [0.15, 0.2) is 0 Å². The van der Waals surface area contributed by atoms with Crippen LogP contribution in [-0.2, 0) is 28.7 Å². The van der Waals surface area contributed by atoms with Crippen LogP contribution in [0.2, 0.25) is 0 Å². The number of aliphatic carboxylic acids is 3. The van der Waals surface area contributed by atoms with Gasteiger partial charge in [-0.3, -0.25) is 14.4 Å². The van der Waals surface area contributed by atoms with E-state index in [0.717, 1.165) is 0 Å². The summed E-state index contributed by atoms with van der Waals surface area (Å²) in [5, 5.41) is 35.9. The number of carbonyl (C=O) groups excluding carboxylic acids is 3. The molecule has 0 radical (unpaired) electrons. The summed E-state index contributed by atoms with van der Waals surface area (Å²) in [5.41, 5.74) is 0. The van der Waals surface area contributed by atoms with Crippen molar-refractivity contribution in [2.24, 2.45) is 0 Å². The number of rotatable bonds is 17. The Morgan fingerprint density at radius 2 is 1.22 bits per heavy atom. The number of amides is 4. The fourth-order valence-electron chi connectivity index (χ4n) is 2.31. The second-order valence-electron chi connectivity index (χ2n) is 6.52. The Bertz CT molecular complexity index is 670. The van der Waals surface area contributed by atoms with Crippen LogP contribution in [0.25, 0.3) is 0 Å². The van der Waals surface area contributed by atoms with Gasteiger partial charge < -0.3 is 41.3 Å². The van der Waals surface area contributed by atoms with Crippen molar-refractivity contribution in [1.82, 2.24) is 21.3 Å². The number of ether oxygens (including phenoxy) is 1. The van der Waals surface area contributed by atoms with E-state index in [-0.39, 0.29) is 44.7 Å². The zero-order valence-electron chi connectivity index (χ0n) is 17.7. The summed E-state index contributed by atoms with van der Waals surface area (Å²) in [6.45, 7) is 2.89. The topological polar surface area (TPSA) is 220 Å². The maximum Gasteiger partial charge on any atom is 0.326 e. The zero-order valence-corrected chi connectivity index (χ0v) is 17.7. The zero-order chi connectivity index (χ0) is 24.5. The third-order valence-corrected chi connectivity index (χ3v) is 3.96. The van der Waals surface area contributed by atoms with Gasteiger partial charge in [-0.25, -0.2) is 14.4 Å². The summed E-state index contributed by atoms with van der Waals surface area (Å²) in [6, 6.07) is -4.12. The highest BCUT2D eigenvalue weighted by atomic mass is 16.5. The van der Waals surface area contributed by atoms with Gasteiger partial charge in [-0.05, 0) is 19.8 Å². The number of hydrogen-bond donors (Lipinski definition) is 7. The van der Waals surface area contributed by atoms with Crippen LogP contribution in [0.5, 0.6) is 0 Å². The molecule has 4 amide bonds. The van der Waals surface area contributed by atoms with Gasteiger partial charge in [0.2, 0.25) is 11.8 Å². The molecule has 14 heteroatoms. The third kappa shape index (κ3) is 14.5. The first kappa shape index (κ1) is 28.6. The van der Waals surface area contributed by atoms with Gasteiger partial charge in [0.25, 0.3) is 0 Å². The quantitative estimate of drug-likeness (QED) is 0.124. The summed E-state index contributed by atoms with van der Waals surface area (Å²) in [6.07, 6.45) is -1.24. The lowest BCUT2D eigenvalue weighted by Crippen LogP contribution is -2.51. The van der Waals surface area contributed by atoms with Crippen molar-refractivity contribution < 1.29 is 48.8 Å². The van der Waals surface area contributed by atoms with E-state index < -0.39 is 48.4 Å². The molecule has 0 aliphatic carbocycles. The molecule has 0 rings (SSSR count). The van der Waals surface area contributed by atoms with Gasteiger partial charge in [0.05, 0.1) is 6.61 Å². The van der Waals surface area contributed by atoms with E-state index in [1.54, 1.807) is 6.92 Å². The number of urea groups is 1. The van der Waals surface area contributed by atoms with Crippen molar-refractivity contribution in [3.63, 3.8) is 0 Å². The number of carboxylic acid groups (broad SMARTS) is 3. The van der Waals surface area contributed by atoms with Crippen LogP contribution in [-0.4, -0.2) is 89.5 Å². The minimum atomic E-state index is -1.52. The highest BCUT2D eigenvalue weighted by Crippen LogP contribution is 2.01. The molecule has 0 aliphatic rings. The maximum atomic E-state index is 11.9. The summed E-state index contributed by atoms with van der Waals surface area (Å²) in [7, 11) is 0. The summed E-state index contributed by atoms with van der Waals surface area (Å²) >= 11 is 0. The van der Waals surface area contributed by atoms with Crippen molar-refractivity contribution in [2.45, 2.75) is 51.1 Å². The van der Waals surface area contributed by atoms with Crippen LogP contribution in [0.1, 0.15) is 39.0 Å². The van der Waals surface area contributed by atoms with Gasteiger partial charge in [-0.2, -0.15) is 0 Å². The van der Waals surface area contributed by atoms with E-state index in [2.05, 4.69) is 10.6 Å². The monoisotopic (exact) mass is 462 g/mol. The van der Waals surface area contributed by atoms with Gasteiger partial charge in [-0.1, -0.05) is 0 Å². The molecule has 32 heavy (non-hydrogen) atoms. The molecule has 0 unspecified atom stereocenters. The fourth-order valence-corrected chi connectivity index (χ4v) is 2.31. The number of carboxylic acids is 3. The molecule has 0 aromatic rings. The molecule has 7 N–H and O–H groups in total. The van der Waals surface area contributed by atoms with Crippen molar-refractivity contribution in [3.05, 3.63) is 0 Å². The minimum Gasteiger partial charge on any atom is -0.481 e. The van der Waals surface area contributed by atoms with Crippen LogP contribution < -0.4 is 21.3 Å². The first-order valence-corrected chi connectivity index (χ1v) is 9.92. The lowest BCUT2D eigenvalue weighted by atomic mass is 10.1. The van der Waals surface area contributed by atoms with Crippen molar-refractivity contribution in [1.29, 1.82) is 0 Å². The Kier molecular flexibility index (Phi) is 14.6. The predicted octanol–water partition coefficient (Wildman–Crippen LogP) is -1.50. The van der Waals surface area contributed by atoms with Crippen LogP contribution in [0.3, 0.4) is 0 Å². The molecule has 0 spiro atoms. The molecular weight excluding hydrogens is 432 g/mol. The van der Waals surface area contributed by atoms with Crippen LogP contribution in [0, 0.1) is 0 Å². The first-order chi connectivity index (χ1) is 15.1.